The number of hydrogen-bond donors (Lipinski definition) is 2. The average Bonchev–Trinajstić information content (AvgIpc) is 2.75. The van der Waals surface area contributed by atoms with Gasteiger partial charge in [0.1, 0.15) is 6.04 Å². The van der Waals surface area contributed by atoms with Gasteiger partial charge in [0.25, 0.3) is 10.1 Å². The lowest BCUT2D eigenvalue weighted by Gasteiger charge is -2.18. The second-order valence-corrected chi connectivity index (χ2v) is 10.7. The van der Waals surface area contributed by atoms with Crippen molar-refractivity contribution >= 4 is 49.3 Å². The molecule has 0 aromatic heterocycles. The molecule has 0 heterocycles. The minimum Gasteiger partial charge on any atom is -0.469 e. The first-order valence-electron chi connectivity index (χ1n) is 9.48. The minimum atomic E-state index is -4.19. The smallest absolute Gasteiger partial charge is 0.305 e. The van der Waals surface area contributed by atoms with Gasteiger partial charge in [-0.2, -0.15) is 13.1 Å². The first-order valence-corrected chi connectivity index (χ1v) is 13.2. The van der Waals surface area contributed by atoms with Gasteiger partial charge in [0, 0.05) is 17.1 Å². The van der Waals surface area contributed by atoms with Crippen LogP contribution in [0.25, 0.3) is 0 Å². The number of anilines is 1. The molecule has 13 heteroatoms. The van der Waals surface area contributed by atoms with Crippen LogP contribution in [-0.4, -0.2) is 54.7 Å². The van der Waals surface area contributed by atoms with E-state index in [1.54, 1.807) is 24.3 Å². The van der Waals surface area contributed by atoms with Crippen molar-refractivity contribution in [2.45, 2.75) is 23.8 Å². The number of sulfonamides is 1. The van der Waals surface area contributed by atoms with Crippen LogP contribution >= 0.6 is 11.6 Å². The molecule has 1 unspecified atom stereocenters. The monoisotopic (exact) mass is 518 g/mol. The molecule has 0 saturated heterocycles. The van der Waals surface area contributed by atoms with Crippen LogP contribution in [0.5, 0.6) is 0 Å². The Morgan fingerprint density at radius 3 is 2.15 bits per heavy atom. The third-order valence-corrected chi connectivity index (χ3v) is 6.56. The fourth-order valence-corrected chi connectivity index (χ4v) is 4.25. The number of aryl methyl sites for hydroxylation is 1. The molecule has 2 aromatic carbocycles. The molecule has 0 fully saturated rings. The fourth-order valence-electron chi connectivity index (χ4n) is 2.56. The molecule has 2 N–H and O–H groups in total. The first kappa shape index (κ1) is 26.7. The van der Waals surface area contributed by atoms with E-state index in [0.29, 0.717) is 17.1 Å². The summed E-state index contributed by atoms with van der Waals surface area (Å²) in [7, 11) is -6.84. The molecule has 2 rings (SSSR count). The second-order valence-electron chi connectivity index (χ2n) is 6.88. The molecule has 180 valence electrons. The van der Waals surface area contributed by atoms with E-state index >= 15 is 0 Å². The molecule has 0 radical (unpaired) electrons. The molecule has 1 atom stereocenters. The predicted octanol–water partition coefficient (Wildman–Crippen LogP) is 1.71. The Bertz CT molecular complexity index is 1180. The number of nitrogens with one attached hydrogen (secondary N) is 2. The Labute approximate surface area is 197 Å². The Balaban J connectivity index is 2.15. The highest BCUT2D eigenvalue weighted by Crippen LogP contribution is 2.16. The lowest BCUT2D eigenvalue weighted by Crippen LogP contribution is -2.47. The van der Waals surface area contributed by atoms with Gasteiger partial charge in [0.2, 0.25) is 15.9 Å². The van der Waals surface area contributed by atoms with Crippen LogP contribution in [0.4, 0.5) is 5.69 Å². The highest BCUT2D eigenvalue weighted by atomic mass is 35.5. The highest BCUT2D eigenvalue weighted by Gasteiger charge is 2.27. The van der Waals surface area contributed by atoms with Crippen molar-refractivity contribution in [1.29, 1.82) is 0 Å². The molecule has 0 aliphatic rings. The van der Waals surface area contributed by atoms with E-state index in [4.69, 9.17) is 11.6 Å². The number of rotatable bonds is 11. The average molecular weight is 519 g/mol. The van der Waals surface area contributed by atoms with Gasteiger partial charge >= 0.3 is 5.97 Å². The van der Waals surface area contributed by atoms with Gasteiger partial charge in [0.05, 0.1) is 24.9 Å². The molecule has 1 amide bonds. The van der Waals surface area contributed by atoms with Crippen molar-refractivity contribution in [1.82, 2.24) is 4.72 Å². The van der Waals surface area contributed by atoms with Gasteiger partial charge in [0.15, 0.2) is 0 Å². The summed E-state index contributed by atoms with van der Waals surface area (Å²) in [5.74, 6) is -1.19. The standard InChI is InChI=1S/C20H23ClN2O8S2/c1-30-19(24)12-5-14-3-8-16(9-4-14)22-20(25)18(13-31-32(2,26)27)23-33(28,29)17-10-6-15(21)7-11-17/h3-4,6-11,18,23H,5,12-13H2,1-2H3,(H,22,25). The molecule has 0 aliphatic carbocycles. The van der Waals surface area contributed by atoms with E-state index in [2.05, 4.69) is 19.0 Å². The zero-order chi connectivity index (χ0) is 24.6. The largest absolute Gasteiger partial charge is 0.469 e. The number of methoxy groups -OCH3 is 1. The van der Waals surface area contributed by atoms with Crippen molar-refractivity contribution in [2.24, 2.45) is 0 Å². The summed E-state index contributed by atoms with van der Waals surface area (Å²) in [5, 5.41) is 2.83. The topological polar surface area (TPSA) is 145 Å². The number of carbonyl (C=O) groups excluding carboxylic acids is 2. The van der Waals surface area contributed by atoms with Gasteiger partial charge in [-0.1, -0.05) is 23.7 Å². The number of halogens is 1. The molecule has 0 saturated carbocycles. The molecule has 0 bridgehead atoms. The lowest BCUT2D eigenvalue weighted by atomic mass is 10.1. The quantitative estimate of drug-likeness (QED) is 0.338. The van der Waals surface area contributed by atoms with Crippen LogP contribution in [0.15, 0.2) is 53.4 Å². The number of benzene rings is 2. The predicted molar refractivity (Wildman–Crippen MR) is 122 cm³/mol. The van der Waals surface area contributed by atoms with Crippen molar-refractivity contribution in [2.75, 3.05) is 25.3 Å². The molecule has 0 spiro atoms. The van der Waals surface area contributed by atoms with Crippen LogP contribution < -0.4 is 10.0 Å². The van der Waals surface area contributed by atoms with E-state index < -0.39 is 38.7 Å². The van der Waals surface area contributed by atoms with Gasteiger partial charge < -0.3 is 10.1 Å². The zero-order valence-electron chi connectivity index (χ0n) is 17.8. The maximum Gasteiger partial charge on any atom is 0.305 e. The molecule has 33 heavy (non-hydrogen) atoms. The Morgan fingerprint density at radius 1 is 1.00 bits per heavy atom. The Morgan fingerprint density at radius 2 is 1.61 bits per heavy atom. The molecular formula is C20H23ClN2O8S2. The van der Waals surface area contributed by atoms with Gasteiger partial charge in [-0.25, -0.2) is 8.42 Å². The molecule has 10 nitrogen and oxygen atoms in total. The molecular weight excluding hydrogens is 496 g/mol. The van der Waals surface area contributed by atoms with Gasteiger partial charge in [-0.15, -0.1) is 0 Å². The van der Waals surface area contributed by atoms with E-state index in [0.717, 1.165) is 11.8 Å². The molecule has 0 aliphatic heterocycles. The van der Waals surface area contributed by atoms with E-state index in [1.807, 2.05) is 0 Å². The second kappa shape index (κ2) is 11.6. The van der Waals surface area contributed by atoms with E-state index in [1.165, 1.54) is 31.4 Å². The summed E-state index contributed by atoms with van der Waals surface area (Å²) >= 11 is 5.77. The summed E-state index contributed by atoms with van der Waals surface area (Å²) in [4.78, 5) is 23.8. The van der Waals surface area contributed by atoms with Gasteiger partial charge in [-0.3, -0.25) is 13.8 Å². The Hall–Kier alpha value is -2.51. The normalized spacial score (nSPS) is 12.7. The van der Waals surface area contributed by atoms with E-state index in [9.17, 15) is 26.4 Å². The van der Waals surface area contributed by atoms with E-state index in [-0.39, 0.29) is 17.3 Å². The van der Waals surface area contributed by atoms with Crippen LogP contribution in [0, 0.1) is 0 Å². The van der Waals surface area contributed by atoms with Crippen LogP contribution in [0.3, 0.4) is 0 Å². The summed E-state index contributed by atoms with van der Waals surface area (Å²) in [5.41, 5.74) is 1.15. The SMILES string of the molecule is COC(=O)CCc1ccc(NC(=O)C(COS(C)(=O)=O)NS(=O)(=O)c2ccc(Cl)cc2)cc1. The minimum absolute atomic E-state index is 0.168. The summed E-state index contributed by atoms with van der Waals surface area (Å²) in [6, 6.07) is 10.1. The fraction of sp³-hybridized carbons (Fsp3) is 0.300. The van der Waals surface area contributed by atoms with Crippen molar-refractivity contribution in [3.05, 3.63) is 59.1 Å². The lowest BCUT2D eigenvalue weighted by molar-refractivity contribution is -0.140. The maximum absolute atomic E-state index is 12.7. The third kappa shape index (κ3) is 9.10. The van der Waals surface area contributed by atoms with Crippen LogP contribution in [0.2, 0.25) is 5.02 Å². The van der Waals surface area contributed by atoms with Crippen molar-refractivity contribution in [3.8, 4) is 0 Å². The van der Waals surface area contributed by atoms with Crippen molar-refractivity contribution < 1.29 is 35.3 Å². The third-order valence-electron chi connectivity index (χ3n) is 4.25. The van der Waals surface area contributed by atoms with Crippen LogP contribution in [0.1, 0.15) is 12.0 Å². The summed E-state index contributed by atoms with van der Waals surface area (Å²) in [6.07, 6.45) is 1.41. The number of amides is 1. The number of hydrogen-bond acceptors (Lipinski definition) is 8. The Kier molecular flexibility index (Phi) is 9.37. The van der Waals surface area contributed by atoms with Gasteiger partial charge in [-0.05, 0) is 48.4 Å². The van der Waals surface area contributed by atoms with Crippen LogP contribution in [-0.2, 0) is 45.1 Å². The summed E-state index contributed by atoms with van der Waals surface area (Å²) < 4.78 is 59.5. The number of ether oxygens (including phenoxy) is 1. The highest BCUT2D eigenvalue weighted by molar-refractivity contribution is 7.89. The molecule has 2 aromatic rings. The van der Waals surface area contributed by atoms with Crippen molar-refractivity contribution in [3.63, 3.8) is 0 Å². The number of esters is 1. The summed E-state index contributed by atoms with van der Waals surface area (Å²) in [6.45, 7) is -0.755. The maximum atomic E-state index is 12.7. The first-order chi connectivity index (χ1) is 15.4. The number of carbonyl (C=O) groups is 2. The zero-order valence-corrected chi connectivity index (χ0v) is 20.2.